The molecule has 0 aliphatic rings. The highest BCUT2D eigenvalue weighted by molar-refractivity contribution is 7.14. The number of ether oxygens (including phenoxy) is 5. The van der Waals surface area contributed by atoms with Crippen LogP contribution in [0.1, 0.15) is 16.1 Å². The minimum atomic E-state index is -0.301. The first-order valence-corrected chi connectivity index (χ1v) is 10.4. The summed E-state index contributed by atoms with van der Waals surface area (Å²) in [7, 11) is 7.79. The van der Waals surface area contributed by atoms with Gasteiger partial charge in [0, 0.05) is 18.0 Å². The zero-order valence-electron chi connectivity index (χ0n) is 18.5. The Balaban J connectivity index is 1.68. The second-order valence-electron chi connectivity index (χ2n) is 6.45. The maximum absolute atomic E-state index is 12.6. The van der Waals surface area contributed by atoms with Crippen LogP contribution in [0.2, 0.25) is 0 Å². The van der Waals surface area contributed by atoms with E-state index in [9.17, 15) is 4.79 Å². The van der Waals surface area contributed by atoms with Gasteiger partial charge in [-0.05, 0) is 29.8 Å². The number of aromatic nitrogens is 1. The second kappa shape index (κ2) is 10.6. The lowest BCUT2D eigenvalue weighted by Gasteiger charge is -2.14. The van der Waals surface area contributed by atoms with Gasteiger partial charge < -0.3 is 34.3 Å². The largest absolute Gasteiger partial charge is 0.497 e. The van der Waals surface area contributed by atoms with Gasteiger partial charge in [0.15, 0.2) is 16.6 Å². The fraction of sp³-hybridized carbons (Fsp3) is 0.273. The van der Waals surface area contributed by atoms with E-state index in [0.29, 0.717) is 45.3 Å². The summed E-state index contributed by atoms with van der Waals surface area (Å²) in [5.74, 6) is 2.51. The van der Waals surface area contributed by atoms with Crippen LogP contribution < -0.4 is 34.3 Å². The summed E-state index contributed by atoms with van der Waals surface area (Å²) >= 11 is 1.31. The van der Waals surface area contributed by atoms with Crippen LogP contribution in [0.5, 0.6) is 28.7 Å². The zero-order valence-corrected chi connectivity index (χ0v) is 19.3. The van der Waals surface area contributed by atoms with Crippen LogP contribution in [-0.4, -0.2) is 46.4 Å². The predicted octanol–water partition coefficient (Wildman–Crippen LogP) is 3.86. The smallest absolute Gasteiger partial charge is 0.271 e. The van der Waals surface area contributed by atoms with Crippen molar-refractivity contribution in [2.45, 2.75) is 6.54 Å². The van der Waals surface area contributed by atoms with Crippen molar-refractivity contribution in [3.05, 3.63) is 47.0 Å². The number of nitrogens with zero attached hydrogens (tertiary/aromatic N) is 1. The van der Waals surface area contributed by atoms with Crippen molar-refractivity contribution in [3.63, 3.8) is 0 Å². The predicted molar refractivity (Wildman–Crippen MR) is 122 cm³/mol. The van der Waals surface area contributed by atoms with Crippen LogP contribution in [0.4, 0.5) is 10.8 Å². The van der Waals surface area contributed by atoms with E-state index in [-0.39, 0.29) is 12.5 Å². The summed E-state index contributed by atoms with van der Waals surface area (Å²) in [5, 5.41) is 8.27. The minimum Gasteiger partial charge on any atom is -0.497 e. The van der Waals surface area contributed by atoms with Gasteiger partial charge in [-0.25, -0.2) is 4.98 Å². The van der Waals surface area contributed by atoms with Crippen molar-refractivity contribution in [2.75, 3.05) is 40.9 Å². The number of thiazole rings is 1. The first-order chi connectivity index (χ1) is 15.5. The number of carbonyl (C=O) groups excluding carboxylic acids is 1. The first kappa shape index (κ1) is 23.0. The van der Waals surface area contributed by atoms with E-state index in [1.807, 2.05) is 12.1 Å². The maximum Gasteiger partial charge on any atom is 0.271 e. The van der Waals surface area contributed by atoms with E-state index in [0.717, 1.165) is 5.56 Å². The molecule has 1 heterocycles. The molecule has 0 fully saturated rings. The Kier molecular flexibility index (Phi) is 7.61. The molecule has 0 aliphatic carbocycles. The molecule has 0 atom stereocenters. The van der Waals surface area contributed by atoms with Crippen LogP contribution >= 0.6 is 11.3 Å². The van der Waals surface area contributed by atoms with Crippen LogP contribution in [0.15, 0.2) is 35.7 Å². The minimum absolute atomic E-state index is 0.266. The molecule has 3 aromatic rings. The molecule has 170 valence electrons. The van der Waals surface area contributed by atoms with E-state index in [1.165, 1.54) is 18.4 Å². The van der Waals surface area contributed by atoms with Crippen LogP contribution in [-0.2, 0) is 6.54 Å². The highest BCUT2D eigenvalue weighted by Gasteiger charge is 2.16. The first-order valence-electron chi connectivity index (χ1n) is 9.54. The van der Waals surface area contributed by atoms with Crippen LogP contribution in [0, 0.1) is 0 Å². The Bertz CT molecular complexity index is 1060. The fourth-order valence-corrected chi connectivity index (χ4v) is 3.67. The van der Waals surface area contributed by atoms with Crippen molar-refractivity contribution in [3.8, 4) is 28.7 Å². The number of hydrogen-bond donors (Lipinski definition) is 2. The van der Waals surface area contributed by atoms with Gasteiger partial charge in [-0.1, -0.05) is 0 Å². The molecule has 32 heavy (non-hydrogen) atoms. The highest BCUT2D eigenvalue weighted by atomic mass is 32.1. The summed E-state index contributed by atoms with van der Waals surface area (Å²) in [4.78, 5) is 17.0. The number of anilines is 2. The number of rotatable bonds is 10. The third kappa shape index (κ3) is 5.14. The molecule has 0 saturated heterocycles. The van der Waals surface area contributed by atoms with Crippen molar-refractivity contribution in [1.29, 1.82) is 0 Å². The highest BCUT2D eigenvalue weighted by Crippen LogP contribution is 2.38. The van der Waals surface area contributed by atoms with Gasteiger partial charge in [-0.15, -0.1) is 11.3 Å². The lowest BCUT2D eigenvalue weighted by molar-refractivity contribution is 0.0946. The molecular formula is C22H25N3O6S. The molecular weight excluding hydrogens is 434 g/mol. The van der Waals surface area contributed by atoms with Gasteiger partial charge in [0.05, 0.1) is 41.2 Å². The number of benzene rings is 2. The normalized spacial score (nSPS) is 10.3. The van der Waals surface area contributed by atoms with Crippen molar-refractivity contribution < 1.29 is 28.5 Å². The quantitative estimate of drug-likeness (QED) is 0.472. The number of methoxy groups -OCH3 is 5. The molecule has 0 saturated carbocycles. The molecule has 0 aliphatic heterocycles. The van der Waals surface area contributed by atoms with E-state index < -0.39 is 0 Å². The molecule has 0 bridgehead atoms. The average Bonchev–Trinajstić information content (AvgIpc) is 3.30. The Morgan fingerprint density at radius 1 is 0.906 bits per heavy atom. The molecule has 2 N–H and O–H groups in total. The SMILES string of the molecule is COc1ccc(Nc2nc(C(=O)NCc3cc(OC)c(OC)c(OC)c3)cs2)c(OC)c1. The third-order valence-corrected chi connectivity index (χ3v) is 5.32. The number of amides is 1. The van der Waals surface area contributed by atoms with Gasteiger partial charge >= 0.3 is 0 Å². The number of nitrogens with one attached hydrogen (secondary N) is 2. The molecule has 2 aromatic carbocycles. The maximum atomic E-state index is 12.6. The Labute approximate surface area is 190 Å². The van der Waals surface area contributed by atoms with Gasteiger partial charge in [0.25, 0.3) is 5.91 Å². The Hall–Kier alpha value is -3.66. The summed E-state index contributed by atoms with van der Waals surface area (Å²) in [5.41, 5.74) is 1.81. The van der Waals surface area contributed by atoms with E-state index in [4.69, 9.17) is 23.7 Å². The molecule has 0 unspecified atom stereocenters. The van der Waals surface area contributed by atoms with Gasteiger partial charge in [-0.3, -0.25) is 4.79 Å². The summed E-state index contributed by atoms with van der Waals surface area (Å²) in [6, 6.07) is 8.96. The van der Waals surface area contributed by atoms with Gasteiger partial charge in [0.1, 0.15) is 17.2 Å². The Morgan fingerprint density at radius 3 is 2.19 bits per heavy atom. The van der Waals surface area contributed by atoms with Crippen LogP contribution in [0.25, 0.3) is 0 Å². The molecule has 1 aromatic heterocycles. The second-order valence-corrected chi connectivity index (χ2v) is 7.30. The van der Waals surface area contributed by atoms with Crippen molar-refractivity contribution in [1.82, 2.24) is 10.3 Å². The topological polar surface area (TPSA) is 100 Å². The van der Waals surface area contributed by atoms with Crippen molar-refractivity contribution in [2.24, 2.45) is 0 Å². The lowest BCUT2D eigenvalue weighted by atomic mass is 10.1. The number of hydrogen-bond acceptors (Lipinski definition) is 9. The average molecular weight is 460 g/mol. The third-order valence-electron chi connectivity index (χ3n) is 4.56. The van der Waals surface area contributed by atoms with Gasteiger partial charge in [-0.2, -0.15) is 0 Å². The molecule has 10 heteroatoms. The van der Waals surface area contributed by atoms with E-state index in [2.05, 4.69) is 15.6 Å². The molecule has 1 amide bonds. The Morgan fingerprint density at radius 2 is 1.59 bits per heavy atom. The standard InChI is InChI=1S/C22H25N3O6S/c1-27-14-6-7-15(17(10-14)28-2)24-22-25-16(12-32-22)21(26)23-11-13-8-18(29-3)20(31-5)19(9-13)30-4/h6-10,12H,11H2,1-5H3,(H,23,26)(H,24,25). The molecule has 9 nitrogen and oxygen atoms in total. The monoisotopic (exact) mass is 459 g/mol. The molecule has 0 spiro atoms. The fourth-order valence-electron chi connectivity index (χ4n) is 2.96. The molecule has 0 radical (unpaired) electrons. The van der Waals surface area contributed by atoms with Gasteiger partial charge in [0.2, 0.25) is 5.75 Å². The summed E-state index contributed by atoms with van der Waals surface area (Å²) in [6.07, 6.45) is 0. The number of carbonyl (C=O) groups is 1. The van der Waals surface area contributed by atoms with Crippen LogP contribution in [0.3, 0.4) is 0 Å². The van der Waals surface area contributed by atoms with E-state index in [1.54, 1.807) is 52.0 Å². The summed E-state index contributed by atoms with van der Waals surface area (Å²) < 4.78 is 26.6. The summed E-state index contributed by atoms with van der Waals surface area (Å²) in [6.45, 7) is 0.266. The van der Waals surface area contributed by atoms with E-state index >= 15 is 0 Å². The molecule has 3 rings (SSSR count). The lowest BCUT2D eigenvalue weighted by Crippen LogP contribution is -2.23. The van der Waals surface area contributed by atoms with Crippen molar-refractivity contribution >= 4 is 28.1 Å². The zero-order chi connectivity index (χ0) is 23.1.